The second-order valence-corrected chi connectivity index (χ2v) is 5.83. The molecule has 0 aliphatic carbocycles. The van der Waals surface area contributed by atoms with E-state index in [0.717, 1.165) is 16.5 Å². The van der Waals surface area contributed by atoms with E-state index in [4.69, 9.17) is 0 Å². The highest BCUT2D eigenvalue weighted by molar-refractivity contribution is 6.04. The average Bonchev–Trinajstić information content (AvgIpc) is 2.95. The average molecular weight is 316 g/mol. The van der Waals surface area contributed by atoms with Crippen LogP contribution in [0.3, 0.4) is 0 Å². The zero-order chi connectivity index (χ0) is 16.7. The molecule has 2 aromatic heterocycles. The lowest BCUT2D eigenvalue weighted by Gasteiger charge is -2.03. The molecule has 24 heavy (non-hydrogen) atoms. The predicted molar refractivity (Wildman–Crippen MR) is 96.8 cm³/mol. The quantitative estimate of drug-likeness (QED) is 0.576. The number of hydrogen-bond acceptors (Lipinski definition) is 3. The molecule has 0 radical (unpaired) electrons. The van der Waals surface area contributed by atoms with E-state index in [2.05, 4.69) is 15.1 Å². The maximum Gasteiger partial charge on any atom is 0.298 e. The summed E-state index contributed by atoms with van der Waals surface area (Å²) in [4.78, 5) is 20.5. The van der Waals surface area contributed by atoms with Gasteiger partial charge in [0.05, 0.1) is 6.21 Å². The molecular formula is C19H16N4O. The van der Waals surface area contributed by atoms with Crippen molar-refractivity contribution in [1.82, 2.24) is 14.6 Å². The molecule has 0 saturated carbocycles. The summed E-state index contributed by atoms with van der Waals surface area (Å²) in [5.41, 5.74) is 3.98. The van der Waals surface area contributed by atoms with Crippen LogP contribution in [0.15, 0.2) is 58.4 Å². The molecule has 2 aromatic carbocycles. The predicted octanol–water partition coefficient (Wildman–Crippen LogP) is 3.38. The number of rotatable bonds is 2. The Morgan fingerprint density at radius 2 is 1.83 bits per heavy atom. The van der Waals surface area contributed by atoms with Crippen LogP contribution in [0.4, 0.5) is 0 Å². The molecule has 0 bridgehead atoms. The van der Waals surface area contributed by atoms with Crippen molar-refractivity contribution < 1.29 is 0 Å². The minimum Gasteiger partial charge on any atom is -0.349 e. The number of hydrogen-bond donors (Lipinski definition) is 1. The Hall–Kier alpha value is -3.21. The molecule has 1 N–H and O–H groups in total. The molecule has 0 amide bonds. The summed E-state index contributed by atoms with van der Waals surface area (Å²) in [7, 11) is 0. The molecule has 5 heteroatoms. The molecule has 4 rings (SSSR count). The molecule has 0 spiro atoms. The monoisotopic (exact) mass is 316 g/mol. The van der Waals surface area contributed by atoms with Gasteiger partial charge in [0, 0.05) is 10.9 Å². The smallest absolute Gasteiger partial charge is 0.298 e. The lowest BCUT2D eigenvalue weighted by atomic mass is 10.2. The third-order valence-electron chi connectivity index (χ3n) is 4.06. The Bertz CT molecular complexity index is 1130. The third kappa shape index (κ3) is 2.31. The molecule has 2 heterocycles. The van der Waals surface area contributed by atoms with Crippen LogP contribution < -0.4 is 5.56 Å². The van der Waals surface area contributed by atoms with Gasteiger partial charge in [-0.15, -0.1) is 0 Å². The molecule has 4 aromatic rings. The normalized spacial score (nSPS) is 11.8. The van der Waals surface area contributed by atoms with E-state index in [1.807, 2.05) is 55.5 Å². The van der Waals surface area contributed by atoms with Gasteiger partial charge in [0.2, 0.25) is 0 Å². The topological polar surface area (TPSA) is 63.0 Å². The van der Waals surface area contributed by atoms with Gasteiger partial charge < -0.3 is 4.98 Å². The summed E-state index contributed by atoms with van der Waals surface area (Å²) in [6, 6.07) is 15.7. The Kier molecular flexibility index (Phi) is 3.27. The molecular weight excluding hydrogens is 300 g/mol. The largest absolute Gasteiger partial charge is 0.349 e. The fraction of sp³-hybridized carbons (Fsp3) is 0.105. The minimum absolute atomic E-state index is 0.197. The van der Waals surface area contributed by atoms with Crippen LogP contribution in [0.25, 0.3) is 21.9 Å². The molecule has 0 fully saturated rings. The molecule has 0 aliphatic rings. The zero-order valence-electron chi connectivity index (χ0n) is 13.4. The first-order chi connectivity index (χ1) is 11.6. The van der Waals surface area contributed by atoms with Crippen molar-refractivity contribution in [2.45, 2.75) is 13.8 Å². The van der Waals surface area contributed by atoms with Crippen LogP contribution in [-0.2, 0) is 0 Å². The Labute approximate surface area is 138 Å². The minimum atomic E-state index is -0.197. The molecule has 0 aliphatic heterocycles. The van der Waals surface area contributed by atoms with E-state index in [1.54, 1.807) is 13.1 Å². The van der Waals surface area contributed by atoms with Crippen LogP contribution in [0.5, 0.6) is 0 Å². The Balaban J connectivity index is 1.88. The second kappa shape index (κ2) is 5.45. The number of nitrogens with one attached hydrogen (secondary N) is 1. The number of aryl methyl sites for hydroxylation is 2. The maximum absolute atomic E-state index is 12.8. The molecule has 0 atom stereocenters. The van der Waals surface area contributed by atoms with Gasteiger partial charge >= 0.3 is 0 Å². The molecule has 5 nitrogen and oxygen atoms in total. The number of benzene rings is 2. The van der Waals surface area contributed by atoms with Crippen molar-refractivity contribution in [3.63, 3.8) is 0 Å². The number of fused-ring (bicyclic) bond motifs is 3. The van der Waals surface area contributed by atoms with E-state index in [9.17, 15) is 4.79 Å². The van der Waals surface area contributed by atoms with Gasteiger partial charge in [-0.3, -0.25) is 4.79 Å². The van der Waals surface area contributed by atoms with E-state index in [0.29, 0.717) is 16.9 Å². The first kappa shape index (κ1) is 14.4. The van der Waals surface area contributed by atoms with Crippen molar-refractivity contribution in [3.05, 3.63) is 75.8 Å². The molecule has 118 valence electrons. The second-order valence-electron chi connectivity index (χ2n) is 5.83. The lowest BCUT2D eigenvalue weighted by Crippen LogP contribution is -2.20. The van der Waals surface area contributed by atoms with Gasteiger partial charge in [-0.25, -0.2) is 4.98 Å². The highest BCUT2D eigenvalue weighted by Gasteiger charge is 2.12. The van der Waals surface area contributed by atoms with Gasteiger partial charge in [-0.2, -0.15) is 9.78 Å². The Morgan fingerprint density at radius 3 is 2.62 bits per heavy atom. The van der Waals surface area contributed by atoms with Crippen molar-refractivity contribution in [1.29, 1.82) is 0 Å². The SMILES string of the molecule is Cc1ccc(/C=N/n2c(C)nc3c([nH]c4ccccc43)c2=O)cc1. The highest BCUT2D eigenvalue weighted by Crippen LogP contribution is 2.21. The van der Waals surface area contributed by atoms with Gasteiger partial charge in [-0.1, -0.05) is 48.0 Å². The Morgan fingerprint density at radius 1 is 1.08 bits per heavy atom. The van der Waals surface area contributed by atoms with E-state index < -0.39 is 0 Å². The first-order valence-electron chi connectivity index (χ1n) is 7.74. The summed E-state index contributed by atoms with van der Waals surface area (Å²) >= 11 is 0. The molecule has 0 saturated heterocycles. The van der Waals surface area contributed by atoms with Crippen LogP contribution in [0.1, 0.15) is 17.0 Å². The zero-order valence-corrected chi connectivity index (χ0v) is 13.4. The van der Waals surface area contributed by atoms with Gasteiger partial charge in [0.15, 0.2) is 0 Å². The number of aromatic amines is 1. The van der Waals surface area contributed by atoms with Crippen molar-refractivity contribution in [3.8, 4) is 0 Å². The number of aromatic nitrogens is 3. The summed E-state index contributed by atoms with van der Waals surface area (Å²) in [5.74, 6) is 0.556. The van der Waals surface area contributed by atoms with Crippen LogP contribution >= 0.6 is 0 Å². The summed E-state index contributed by atoms with van der Waals surface area (Å²) in [6.07, 6.45) is 1.67. The first-order valence-corrected chi connectivity index (χ1v) is 7.74. The van der Waals surface area contributed by atoms with E-state index >= 15 is 0 Å². The fourth-order valence-corrected chi connectivity index (χ4v) is 2.77. The number of nitrogens with zero attached hydrogens (tertiary/aromatic N) is 3. The van der Waals surface area contributed by atoms with Crippen molar-refractivity contribution in [2.75, 3.05) is 0 Å². The fourth-order valence-electron chi connectivity index (χ4n) is 2.77. The standard InChI is InChI=1S/C19H16N4O/c1-12-7-9-14(10-8-12)11-20-23-13(2)21-17-15-5-3-4-6-16(15)22-18(17)19(23)24/h3-11,22H,1-2H3/b20-11+. The van der Waals surface area contributed by atoms with Gasteiger partial charge in [0.25, 0.3) is 5.56 Å². The summed E-state index contributed by atoms with van der Waals surface area (Å²) < 4.78 is 1.33. The number of H-pyrrole nitrogens is 1. The van der Waals surface area contributed by atoms with Crippen LogP contribution in [0, 0.1) is 13.8 Å². The van der Waals surface area contributed by atoms with Gasteiger partial charge in [0.1, 0.15) is 16.9 Å². The van der Waals surface area contributed by atoms with Crippen molar-refractivity contribution in [2.24, 2.45) is 5.10 Å². The van der Waals surface area contributed by atoms with E-state index in [-0.39, 0.29) is 5.56 Å². The summed E-state index contributed by atoms with van der Waals surface area (Å²) in [5, 5.41) is 5.27. The van der Waals surface area contributed by atoms with Crippen LogP contribution in [0.2, 0.25) is 0 Å². The van der Waals surface area contributed by atoms with Crippen LogP contribution in [-0.4, -0.2) is 20.9 Å². The summed E-state index contributed by atoms with van der Waals surface area (Å²) in [6.45, 7) is 3.82. The maximum atomic E-state index is 12.8. The highest BCUT2D eigenvalue weighted by atomic mass is 16.1. The third-order valence-corrected chi connectivity index (χ3v) is 4.06. The van der Waals surface area contributed by atoms with Gasteiger partial charge in [-0.05, 0) is 25.5 Å². The van der Waals surface area contributed by atoms with E-state index in [1.165, 1.54) is 10.2 Å². The van der Waals surface area contributed by atoms with Crippen molar-refractivity contribution >= 4 is 28.2 Å². The number of para-hydroxylation sites is 1. The molecule has 0 unspecified atom stereocenters. The lowest BCUT2D eigenvalue weighted by molar-refractivity contribution is 0.769.